The van der Waals surface area contributed by atoms with Gasteiger partial charge in [0.25, 0.3) is 0 Å². The van der Waals surface area contributed by atoms with Crippen molar-refractivity contribution < 1.29 is 18.7 Å². The third-order valence-corrected chi connectivity index (χ3v) is 3.07. The number of carbonyl (C=O) groups is 1. The van der Waals surface area contributed by atoms with Gasteiger partial charge in [0, 0.05) is 19.2 Å². The lowest BCUT2D eigenvalue weighted by atomic mass is 9.94. The van der Waals surface area contributed by atoms with E-state index < -0.39 is 17.7 Å². The van der Waals surface area contributed by atoms with E-state index >= 15 is 0 Å². The maximum Gasteiger partial charge on any atom is 0.319 e. The number of benzene rings is 1. The fourth-order valence-corrected chi connectivity index (χ4v) is 2.15. The van der Waals surface area contributed by atoms with E-state index in [-0.39, 0.29) is 18.2 Å². The van der Waals surface area contributed by atoms with Gasteiger partial charge in [-0.15, -0.1) is 0 Å². The number of nitrogens with one attached hydrogen (secondary N) is 2. The minimum absolute atomic E-state index is 0.0628. The highest BCUT2D eigenvalue weighted by Gasteiger charge is 2.13. The van der Waals surface area contributed by atoms with Crippen molar-refractivity contribution in [2.45, 2.75) is 26.7 Å². The Balaban J connectivity index is 2.48. The molecule has 0 bridgehead atoms. The molecule has 1 atom stereocenters. The Bertz CT molecular complexity index is 467. The monoisotopic (exact) mass is 300 g/mol. The predicted molar refractivity (Wildman–Crippen MR) is 78.0 cm³/mol. The maximum absolute atomic E-state index is 13.4. The van der Waals surface area contributed by atoms with E-state index in [2.05, 4.69) is 24.5 Å². The minimum Gasteiger partial charge on any atom is -0.396 e. The zero-order valence-corrected chi connectivity index (χ0v) is 12.3. The van der Waals surface area contributed by atoms with Gasteiger partial charge in [0.05, 0.1) is 5.69 Å². The molecule has 1 aromatic rings. The topological polar surface area (TPSA) is 61.4 Å². The quantitative estimate of drug-likeness (QED) is 0.724. The zero-order chi connectivity index (χ0) is 15.8. The van der Waals surface area contributed by atoms with E-state index in [4.69, 9.17) is 5.11 Å². The number of carbonyl (C=O) groups excluding carboxylic acids is 1. The second-order valence-electron chi connectivity index (χ2n) is 5.47. The Hall–Kier alpha value is -1.69. The maximum atomic E-state index is 13.4. The molecule has 0 aliphatic rings. The summed E-state index contributed by atoms with van der Waals surface area (Å²) in [7, 11) is 0. The zero-order valence-electron chi connectivity index (χ0n) is 12.3. The van der Waals surface area contributed by atoms with E-state index in [0.717, 1.165) is 12.5 Å². The lowest BCUT2D eigenvalue weighted by molar-refractivity contribution is 0.231. The summed E-state index contributed by atoms with van der Waals surface area (Å²) in [5, 5.41) is 14.0. The Labute approximate surface area is 123 Å². The average molecular weight is 300 g/mol. The van der Waals surface area contributed by atoms with Gasteiger partial charge in [0.2, 0.25) is 0 Å². The minimum atomic E-state index is -0.820. The van der Waals surface area contributed by atoms with Crippen LogP contribution in [0.15, 0.2) is 18.2 Å². The van der Waals surface area contributed by atoms with Crippen LogP contribution in [0.25, 0.3) is 0 Å². The first-order valence-electron chi connectivity index (χ1n) is 7.03. The molecule has 0 fully saturated rings. The average Bonchev–Trinajstić information content (AvgIpc) is 2.39. The van der Waals surface area contributed by atoms with Gasteiger partial charge in [-0.3, -0.25) is 0 Å². The van der Waals surface area contributed by atoms with Crippen LogP contribution in [0.5, 0.6) is 0 Å². The summed E-state index contributed by atoms with van der Waals surface area (Å²) in [6.07, 6.45) is 1.48. The summed E-state index contributed by atoms with van der Waals surface area (Å²) < 4.78 is 26.1. The molecule has 1 unspecified atom stereocenters. The van der Waals surface area contributed by atoms with Gasteiger partial charge < -0.3 is 15.7 Å². The first kappa shape index (κ1) is 17.4. The summed E-state index contributed by atoms with van der Waals surface area (Å²) in [6.45, 7) is 4.59. The normalized spacial score (nSPS) is 12.3. The molecule has 0 heterocycles. The third kappa shape index (κ3) is 6.53. The number of aliphatic hydroxyl groups excluding tert-OH is 1. The number of amides is 2. The van der Waals surface area contributed by atoms with E-state index in [1.165, 1.54) is 6.07 Å². The van der Waals surface area contributed by atoms with Crippen LogP contribution in [0, 0.1) is 23.5 Å². The molecule has 4 nitrogen and oxygen atoms in total. The fraction of sp³-hybridized carbons (Fsp3) is 0.533. The number of hydrogen-bond donors (Lipinski definition) is 3. The van der Waals surface area contributed by atoms with Gasteiger partial charge in [-0.2, -0.15) is 0 Å². The van der Waals surface area contributed by atoms with Gasteiger partial charge in [0.15, 0.2) is 0 Å². The van der Waals surface area contributed by atoms with Crippen molar-refractivity contribution in [2.24, 2.45) is 11.8 Å². The summed E-state index contributed by atoms with van der Waals surface area (Å²) in [4.78, 5) is 11.7. The number of aliphatic hydroxyl groups is 1. The highest BCUT2D eigenvalue weighted by atomic mass is 19.1. The Morgan fingerprint density at radius 2 is 2.05 bits per heavy atom. The van der Waals surface area contributed by atoms with Gasteiger partial charge in [-0.1, -0.05) is 13.8 Å². The number of halogens is 2. The third-order valence-electron chi connectivity index (χ3n) is 3.07. The molecule has 0 spiro atoms. The second kappa shape index (κ2) is 8.56. The smallest absolute Gasteiger partial charge is 0.319 e. The van der Waals surface area contributed by atoms with E-state index in [0.29, 0.717) is 24.9 Å². The first-order valence-corrected chi connectivity index (χ1v) is 7.03. The van der Waals surface area contributed by atoms with Crippen molar-refractivity contribution in [3.05, 3.63) is 29.8 Å². The lowest BCUT2D eigenvalue weighted by Crippen LogP contribution is -2.34. The van der Waals surface area contributed by atoms with Crippen molar-refractivity contribution in [1.82, 2.24) is 5.32 Å². The molecule has 6 heteroatoms. The molecule has 118 valence electrons. The highest BCUT2D eigenvalue weighted by Crippen LogP contribution is 2.16. The molecule has 0 radical (unpaired) electrons. The van der Waals surface area contributed by atoms with Gasteiger partial charge in [-0.25, -0.2) is 13.6 Å². The lowest BCUT2D eigenvalue weighted by Gasteiger charge is -2.18. The summed E-state index contributed by atoms with van der Waals surface area (Å²) in [6, 6.07) is 2.41. The standard InChI is InChI=1S/C15H22F2N2O2/c1-10(2)7-11(5-6-20)9-18-15(21)19-14-4-3-12(16)8-13(14)17/h3-4,8,10-11,20H,5-7,9H2,1-2H3,(H2,18,19,21). The molecule has 0 saturated carbocycles. The Morgan fingerprint density at radius 1 is 1.33 bits per heavy atom. The van der Waals surface area contributed by atoms with Crippen molar-refractivity contribution in [3.63, 3.8) is 0 Å². The molecular formula is C15H22F2N2O2. The molecule has 1 rings (SSSR count). The SMILES string of the molecule is CC(C)CC(CCO)CNC(=O)Nc1ccc(F)cc1F. The number of urea groups is 1. The molecule has 3 N–H and O–H groups in total. The number of rotatable bonds is 7. The van der Waals surface area contributed by atoms with E-state index in [1.807, 2.05) is 0 Å². The van der Waals surface area contributed by atoms with Crippen LogP contribution in [0.1, 0.15) is 26.7 Å². The molecule has 0 aromatic heterocycles. The summed E-state index contributed by atoms with van der Waals surface area (Å²) in [5.74, 6) is -0.891. The highest BCUT2D eigenvalue weighted by molar-refractivity contribution is 5.89. The van der Waals surface area contributed by atoms with Crippen LogP contribution >= 0.6 is 0 Å². The number of hydrogen-bond acceptors (Lipinski definition) is 2. The molecular weight excluding hydrogens is 278 g/mol. The molecule has 21 heavy (non-hydrogen) atoms. The van der Waals surface area contributed by atoms with Crippen LogP contribution in [0.3, 0.4) is 0 Å². The Kier molecular flexibility index (Phi) is 7.08. The predicted octanol–water partition coefficient (Wildman–Crippen LogP) is 3.13. The van der Waals surface area contributed by atoms with Crippen molar-refractivity contribution in [1.29, 1.82) is 0 Å². The van der Waals surface area contributed by atoms with Gasteiger partial charge >= 0.3 is 6.03 Å². The fourth-order valence-electron chi connectivity index (χ4n) is 2.15. The molecule has 2 amide bonds. The summed E-state index contributed by atoms with van der Waals surface area (Å²) in [5.41, 5.74) is -0.0727. The first-order chi connectivity index (χ1) is 9.92. The van der Waals surface area contributed by atoms with E-state index in [1.54, 1.807) is 0 Å². The molecule has 0 aliphatic carbocycles. The van der Waals surface area contributed by atoms with Crippen LogP contribution in [0.4, 0.5) is 19.3 Å². The second-order valence-corrected chi connectivity index (χ2v) is 5.47. The van der Waals surface area contributed by atoms with Crippen molar-refractivity contribution in [3.8, 4) is 0 Å². The van der Waals surface area contributed by atoms with Gasteiger partial charge in [0.1, 0.15) is 11.6 Å². The molecule has 0 saturated heterocycles. The largest absolute Gasteiger partial charge is 0.396 e. The van der Waals surface area contributed by atoms with Crippen LogP contribution in [-0.4, -0.2) is 24.3 Å². The van der Waals surface area contributed by atoms with Crippen LogP contribution in [0.2, 0.25) is 0 Å². The molecule has 1 aromatic carbocycles. The van der Waals surface area contributed by atoms with Crippen LogP contribution in [-0.2, 0) is 0 Å². The van der Waals surface area contributed by atoms with Crippen LogP contribution < -0.4 is 10.6 Å². The summed E-state index contributed by atoms with van der Waals surface area (Å²) >= 11 is 0. The van der Waals surface area contributed by atoms with Crippen molar-refractivity contribution in [2.75, 3.05) is 18.5 Å². The molecule has 0 aliphatic heterocycles. The van der Waals surface area contributed by atoms with E-state index in [9.17, 15) is 13.6 Å². The van der Waals surface area contributed by atoms with Crippen molar-refractivity contribution >= 4 is 11.7 Å². The Morgan fingerprint density at radius 3 is 2.62 bits per heavy atom. The van der Waals surface area contributed by atoms with Gasteiger partial charge in [-0.05, 0) is 36.8 Å². The number of anilines is 1.